The molecule has 0 aliphatic carbocycles. The lowest BCUT2D eigenvalue weighted by Crippen LogP contribution is -2.37. The second kappa shape index (κ2) is 10.5. The number of nitrogens with one attached hydrogen (secondary N) is 3. The number of guanidine groups is 1. The molecular formula is C21H31IN6. The fourth-order valence-electron chi connectivity index (χ4n) is 3.37. The number of nitrogens with zero attached hydrogens (tertiary/aromatic N) is 3. The molecule has 0 aliphatic rings. The summed E-state index contributed by atoms with van der Waals surface area (Å²) in [4.78, 5) is 8.08. The number of para-hydroxylation sites is 1. The zero-order chi connectivity index (χ0) is 19.2. The van der Waals surface area contributed by atoms with E-state index in [-0.39, 0.29) is 24.0 Å². The molecule has 28 heavy (non-hydrogen) atoms. The van der Waals surface area contributed by atoms with Gasteiger partial charge < -0.3 is 15.6 Å². The van der Waals surface area contributed by atoms with Crippen LogP contribution in [-0.2, 0) is 20.0 Å². The van der Waals surface area contributed by atoms with Gasteiger partial charge in [0, 0.05) is 48.5 Å². The molecule has 0 bridgehead atoms. The minimum Gasteiger partial charge on any atom is -0.361 e. The predicted octanol–water partition coefficient (Wildman–Crippen LogP) is 3.82. The van der Waals surface area contributed by atoms with Crippen molar-refractivity contribution >= 4 is 40.8 Å². The maximum Gasteiger partial charge on any atom is 0.191 e. The Morgan fingerprint density at radius 2 is 2.00 bits per heavy atom. The van der Waals surface area contributed by atoms with Gasteiger partial charge in [-0.05, 0) is 45.2 Å². The first-order valence-corrected chi connectivity index (χ1v) is 9.66. The topological polar surface area (TPSA) is 70.0 Å². The lowest BCUT2D eigenvalue weighted by atomic mass is 10.1. The minimum atomic E-state index is 0. The molecule has 3 N–H and O–H groups in total. The Labute approximate surface area is 184 Å². The number of halogens is 1. The van der Waals surface area contributed by atoms with Gasteiger partial charge in [-0.1, -0.05) is 18.2 Å². The summed E-state index contributed by atoms with van der Waals surface area (Å²) in [5.74, 6) is 0.860. The van der Waals surface area contributed by atoms with Gasteiger partial charge in [0.2, 0.25) is 0 Å². The second-order valence-corrected chi connectivity index (χ2v) is 6.86. The zero-order valence-corrected chi connectivity index (χ0v) is 19.5. The van der Waals surface area contributed by atoms with Crippen LogP contribution in [0.15, 0.2) is 35.5 Å². The van der Waals surface area contributed by atoms with Gasteiger partial charge in [-0.25, -0.2) is 4.99 Å². The van der Waals surface area contributed by atoms with E-state index in [0.29, 0.717) is 6.54 Å². The first-order valence-electron chi connectivity index (χ1n) is 9.66. The van der Waals surface area contributed by atoms with Gasteiger partial charge in [0.15, 0.2) is 5.96 Å². The highest BCUT2D eigenvalue weighted by Crippen LogP contribution is 2.18. The Kier molecular flexibility index (Phi) is 8.35. The Morgan fingerprint density at radius 3 is 2.71 bits per heavy atom. The van der Waals surface area contributed by atoms with E-state index in [2.05, 4.69) is 65.0 Å². The largest absolute Gasteiger partial charge is 0.361 e. The minimum absolute atomic E-state index is 0. The maximum absolute atomic E-state index is 4.74. The van der Waals surface area contributed by atoms with Gasteiger partial charge in [0.25, 0.3) is 0 Å². The zero-order valence-electron chi connectivity index (χ0n) is 17.2. The maximum atomic E-state index is 4.74. The summed E-state index contributed by atoms with van der Waals surface area (Å²) in [6.45, 7) is 8.59. The Morgan fingerprint density at radius 1 is 1.21 bits per heavy atom. The number of aryl methyl sites for hydroxylation is 3. The molecule has 0 aliphatic heterocycles. The molecule has 0 saturated carbocycles. The second-order valence-electron chi connectivity index (χ2n) is 6.86. The Bertz CT molecular complexity index is 924. The van der Waals surface area contributed by atoms with Crippen LogP contribution >= 0.6 is 24.0 Å². The average molecular weight is 494 g/mol. The number of aliphatic imine (C=N–C) groups is 1. The summed E-state index contributed by atoms with van der Waals surface area (Å²) in [6, 6.07) is 8.46. The van der Waals surface area contributed by atoms with Gasteiger partial charge in [-0.2, -0.15) is 5.10 Å². The van der Waals surface area contributed by atoms with E-state index in [4.69, 9.17) is 4.99 Å². The number of H-pyrrole nitrogens is 1. The van der Waals surface area contributed by atoms with Crippen molar-refractivity contribution in [2.75, 3.05) is 13.1 Å². The number of fused-ring (bicyclic) bond motifs is 1. The van der Waals surface area contributed by atoms with Crippen LogP contribution in [-0.4, -0.2) is 33.8 Å². The summed E-state index contributed by atoms with van der Waals surface area (Å²) < 4.78 is 1.92. The molecule has 0 radical (unpaired) electrons. The summed E-state index contributed by atoms with van der Waals surface area (Å²) in [7, 11) is 1.98. The molecule has 6 nitrogen and oxygen atoms in total. The molecule has 2 heterocycles. The number of hydrogen-bond donors (Lipinski definition) is 3. The molecule has 0 amide bonds. The summed E-state index contributed by atoms with van der Waals surface area (Å²) in [6.07, 6.45) is 4.21. The van der Waals surface area contributed by atoms with Crippen LogP contribution in [0.1, 0.15) is 35.9 Å². The van der Waals surface area contributed by atoms with Crippen LogP contribution in [0.3, 0.4) is 0 Å². The summed E-state index contributed by atoms with van der Waals surface area (Å²) in [5.41, 5.74) is 6.00. The van der Waals surface area contributed by atoms with E-state index in [9.17, 15) is 0 Å². The molecule has 0 spiro atoms. The lowest BCUT2D eigenvalue weighted by molar-refractivity contribution is 0.729. The molecule has 0 unspecified atom stereocenters. The van der Waals surface area contributed by atoms with Gasteiger partial charge in [0.1, 0.15) is 0 Å². The quantitative estimate of drug-likeness (QED) is 0.203. The van der Waals surface area contributed by atoms with Crippen LogP contribution in [0.2, 0.25) is 0 Å². The van der Waals surface area contributed by atoms with Gasteiger partial charge in [-0.3, -0.25) is 4.68 Å². The Hall–Kier alpha value is -2.03. The third kappa shape index (κ3) is 5.27. The molecule has 0 fully saturated rings. The van der Waals surface area contributed by atoms with E-state index >= 15 is 0 Å². The van der Waals surface area contributed by atoms with Crippen molar-refractivity contribution in [3.05, 3.63) is 53.0 Å². The molecule has 0 atom stereocenters. The van der Waals surface area contributed by atoms with Crippen LogP contribution in [0.5, 0.6) is 0 Å². The smallest absolute Gasteiger partial charge is 0.191 e. The predicted molar refractivity (Wildman–Crippen MR) is 128 cm³/mol. The van der Waals surface area contributed by atoms with E-state index in [0.717, 1.165) is 37.6 Å². The standard InChI is InChI=1S/C21H30N6.HI/c1-5-22-21(25-14-19-15(2)26-27(4)16(19)3)23-12-8-9-17-13-24-20-11-7-6-10-18(17)20;/h6-7,10-11,13,24H,5,8-9,12,14H2,1-4H3,(H2,22,23,25);1H. The van der Waals surface area contributed by atoms with Crippen molar-refractivity contribution < 1.29 is 0 Å². The number of rotatable bonds is 7. The molecule has 1 aromatic carbocycles. The first-order chi connectivity index (χ1) is 13.1. The highest BCUT2D eigenvalue weighted by Gasteiger charge is 2.09. The van der Waals surface area contributed by atoms with Gasteiger partial charge >= 0.3 is 0 Å². The normalized spacial score (nSPS) is 11.5. The van der Waals surface area contributed by atoms with Crippen molar-refractivity contribution in [2.45, 2.75) is 40.2 Å². The van der Waals surface area contributed by atoms with Gasteiger partial charge in [-0.15, -0.1) is 24.0 Å². The van der Waals surface area contributed by atoms with Crippen molar-refractivity contribution in [1.29, 1.82) is 0 Å². The average Bonchev–Trinajstić information content (AvgIpc) is 3.18. The van der Waals surface area contributed by atoms with E-state index in [1.807, 2.05) is 18.7 Å². The van der Waals surface area contributed by atoms with E-state index in [1.165, 1.54) is 27.7 Å². The van der Waals surface area contributed by atoms with Crippen molar-refractivity contribution in [3.8, 4) is 0 Å². The van der Waals surface area contributed by atoms with Crippen molar-refractivity contribution in [3.63, 3.8) is 0 Å². The van der Waals surface area contributed by atoms with Crippen LogP contribution in [0, 0.1) is 13.8 Å². The number of hydrogen-bond acceptors (Lipinski definition) is 2. The van der Waals surface area contributed by atoms with E-state index < -0.39 is 0 Å². The first kappa shape index (κ1) is 22.3. The van der Waals surface area contributed by atoms with Crippen molar-refractivity contribution in [1.82, 2.24) is 25.4 Å². The van der Waals surface area contributed by atoms with Crippen LogP contribution < -0.4 is 10.6 Å². The molecule has 3 rings (SSSR count). The third-order valence-electron chi connectivity index (χ3n) is 4.99. The lowest BCUT2D eigenvalue weighted by Gasteiger charge is -2.11. The number of aromatic nitrogens is 3. The number of aromatic amines is 1. The van der Waals surface area contributed by atoms with E-state index in [1.54, 1.807) is 0 Å². The molecule has 152 valence electrons. The Balaban J connectivity index is 0.00000280. The van der Waals surface area contributed by atoms with Crippen molar-refractivity contribution in [2.24, 2.45) is 12.0 Å². The summed E-state index contributed by atoms with van der Waals surface area (Å²) >= 11 is 0. The monoisotopic (exact) mass is 494 g/mol. The molecule has 7 heteroatoms. The number of benzene rings is 1. The van der Waals surface area contributed by atoms with Gasteiger partial charge in [0.05, 0.1) is 12.2 Å². The molecule has 0 saturated heterocycles. The third-order valence-corrected chi connectivity index (χ3v) is 4.99. The van der Waals surface area contributed by atoms with Crippen LogP contribution in [0.25, 0.3) is 10.9 Å². The highest BCUT2D eigenvalue weighted by atomic mass is 127. The fraction of sp³-hybridized carbons (Fsp3) is 0.429. The molecule has 2 aromatic heterocycles. The fourth-order valence-corrected chi connectivity index (χ4v) is 3.37. The summed E-state index contributed by atoms with van der Waals surface area (Å²) in [5, 5.41) is 12.6. The van der Waals surface area contributed by atoms with Crippen LogP contribution in [0.4, 0.5) is 0 Å². The highest BCUT2D eigenvalue weighted by molar-refractivity contribution is 14.0. The molecule has 3 aromatic rings. The SMILES string of the molecule is CCNC(=NCc1c(C)nn(C)c1C)NCCCc1c[nH]c2ccccc12.I. The molecular weight excluding hydrogens is 463 g/mol.